The third-order valence-electron chi connectivity index (χ3n) is 3.76. The van der Waals surface area contributed by atoms with Gasteiger partial charge in [0.1, 0.15) is 22.5 Å². The minimum atomic E-state index is -4.11. The number of amides is 1. The Hall–Kier alpha value is -2.84. The standard InChI is InChI=1S/C17H17F3N4O3S/c1-10(5-16(19)20)23-28(26,27)13-7-15(24(2)9-13)17(25)22-12-3-4-14(18)11(6-12)8-21/h3-4,6-7,9-10,16,23H,5H2,1-2H3,(H,22,25). The number of aromatic nitrogens is 1. The Balaban J connectivity index is 2.21. The highest BCUT2D eigenvalue weighted by Crippen LogP contribution is 2.18. The smallest absolute Gasteiger partial charge is 0.272 e. The second-order valence-electron chi connectivity index (χ2n) is 6.08. The number of aryl methyl sites for hydroxylation is 1. The molecule has 1 atom stereocenters. The van der Waals surface area contributed by atoms with E-state index in [1.54, 1.807) is 6.07 Å². The topological polar surface area (TPSA) is 104 Å². The summed E-state index contributed by atoms with van der Waals surface area (Å²) in [6.07, 6.45) is -2.15. The first-order valence-electron chi connectivity index (χ1n) is 8.01. The normalized spacial score (nSPS) is 12.6. The van der Waals surface area contributed by atoms with Crippen LogP contribution in [0.3, 0.4) is 0 Å². The maximum atomic E-state index is 13.4. The van der Waals surface area contributed by atoms with Crippen molar-refractivity contribution in [1.29, 1.82) is 5.26 Å². The van der Waals surface area contributed by atoms with Gasteiger partial charge in [0.05, 0.1) is 5.56 Å². The molecule has 2 aromatic rings. The van der Waals surface area contributed by atoms with Crippen LogP contribution in [0.5, 0.6) is 0 Å². The molecule has 0 spiro atoms. The molecule has 0 saturated carbocycles. The van der Waals surface area contributed by atoms with Crippen LogP contribution in [-0.4, -0.2) is 31.4 Å². The second kappa shape index (κ2) is 8.45. The van der Waals surface area contributed by atoms with Gasteiger partial charge in [0, 0.05) is 31.4 Å². The molecule has 28 heavy (non-hydrogen) atoms. The molecule has 2 N–H and O–H groups in total. The molecule has 0 aliphatic heterocycles. The van der Waals surface area contributed by atoms with Gasteiger partial charge in [-0.3, -0.25) is 4.79 Å². The van der Waals surface area contributed by atoms with Gasteiger partial charge in [-0.1, -0.05) is 0 Å². The number of carbonyl (C=O) groups excluding carboxylic acids is 1. The molecule has 150 valence electrons. The molecule has 0 aliphatic carbocycles. The molecule has 0 radical (unpaired) electrons. The number of benzene rings is 1. The predicted octanol–water partition coefficient (Wildman–Crippen LogP) is 2.61. The highest BCUT2D eigenvalue weighted by molar-refractivity contribution is 7.89. The van der Waals surface area contributed by atoms with Crippen LogP contribution in [-0.2, 0) is 17.1 Å². The predicted molar refractivity (Wildman–Crippen MR) is 94.9 cm³/mol. The van der Waals surface area contributed by atoms with Gasteiger partial charge in [0.25, 0.3) is 5.91 Å². The van der Waals surface area contributed by atoms with E-state index in [-0.39, 0.29) is 21.8 Å². The summed E-state index contributed by atoms with van der Waals surface area (Å²) in [5, 5.41) is 11.3. The number of sulfonamides is 1. The molecule has 1 aromatic carbocycles. The molecule has 0 fully saturated rings. The largest absolute Gasteiger partial charge is 0.345 e. The van der Waals surface area contributed by atoms with Gasteiger partial charge in [-0.25, -0.2) is 26.3 Å². The molecule has 0 saturated heterocycles. The number of rotatable bonds is 7. The van der Waals surface area contributed by atoms with Crippen molar-refractivity contribution < 1.29 is 26.4 Å². The number of alkyl halides is 2. The number of anilines is 1. The molecule has 1 aromatic heterocycles. The number of hydrogen-bond acceptors (Lipinski definition) is 4. The van der Waals surface area contributed by atoms with Crippen LogP contribution in [0.4, 0.5) is 18.9 Å². The molecule has 0 aliphatic rings. The lowest BCUT2D eigenvalue weighted by Gasteiger charge is -2.12. The fraction of sp³-hybridized carbons (Fsp3) is 0.294. The first-order valence-corrected chi connectivity index (χ1v) is 9.49. The van der Waals surface area contributed by atoms with Crippen LogP contribution in [0.2, 0.25) is 0 Å². The van der Waals surface area contributed by atoms with Crippen molar-refractivity contribution >= 4 is 21.6 Å². The third-order valence-corrected chi connectivity index (χ3v) is 5.31. The number of nitrogens with zero attached hydrogens (tertiary/aromatic N) is 2. The highest BCUT2D eigenvalue weighted by atomic mass is 32.2. The van der Waals surface area contributed by atoms with Gasteiger partial charge in [-0.2, -0.15) is 5.26 Å². The van der Waals surface area contributed by atoms with Crippen molar-refractivity contribution in [2.75, 3.05) is 5.32 Å². The summed E-state index contributed by atoms with van der Waals surface area (Å²) in [5.74, 6) is -1.43. The third kappa shape index (κ3) is 5.11. The maximum absolute atomic E-state index is 13.4. The lowest BCUT2D eigenvalue weighted by Crippen LogP contribution is -2.33. The Morgan fingerprint density at radius 3 is 2.61 bits per heavy atom. The van der Waals surface area contributed by atoms with Crippen LogP contribution < -0.4 is 10.0 Å². The van der Waals surface area contributed by atoms with Gasteiger partial charge in [-0.05, 0) is 31.2 Å². The quantitative estimate of drug-likeness (QED) is 0.727. The molecule has 0 bridgehead atoms. The summed E-state index contributed by atoms with van der Waals surface area (Å²) in [4.78, 5) is 12.1. The van der Waals surface area contributed by atoms with Crippen molar-refractivity contribution in [2.24, 2.45) is 7.05 Å². The lowest BCUT2D eigenvalue weighted by atomic mass is 10.2. The molecule has 1 unspecified atom stereocenters. The van der Waals surface area contributed by atoms with Crippen LogP contribution >= 0.6 is 0 Å². The number of nitriles is 1. The fourth-order valence-corrected chi connectivity index (χ4v) is 3.76. The number of carbonyl (C=O) groups is 1. The number of nitrogens with one attached hydrogen (secondary N) is 2. The Bertz CT molecular complexity index is 1030. The van der Waals surface area contributed by atoms with E-state index in [9.17, 15) is 26.4 Å². The molecule has 2 rings (SSSR count). The van der Waals surface area contributed by atoms with E-state index in [2.05, 4.69) is 10.0 Å². The van der Waals surface area contributed by atoms with E-state index in [4.69, 9.17) is 5.26 Å². The highest BCUT2D eigenvalue weighted by Gasteiger charge is 2.23. The zero-order valence-corrected chi connectivity index (χ0v) is 15.7. The minimum absolute atomic E-state index is 0.0373. The molecule has 7 nitrogen and oxygen atoms in total. The van der Waals surface area contributed by atoms with Gasteiger partial charge < -0.3 is 9.88 Å². The van der Waals surface area contributed by atoms with Crippen LogP contribution in [0, 0.1) is 17.1 Å². The van der Waals surface area contributed by atoms with E-state index in [1.165, 1.54) is 24.6 Å². The van der Waals surface area contributed by atoms with Crippen LogP contribution in [0.1, 0.15) is 29.4 Å². The van der Waals surface area contributed by atoms with E-state index < -0.39 is 40.6 Å². The monoisotopic (exact) mass is 414 g/mol. The lowest BCUT2D eigenvalue weighted by molar-refractivity contribution is 0.101. The average Bonchev–Trinajstić information content (AvgIpc) is 2.98. The summed E-state index contributed by atoms with van der Waals surface area (Å²) >= 11 is 0. The Kier molecular flexibility index (Phi) is 6.48. The van der Waals surface area contributed by atoms with Gasteiger partial charge >= 0.3 is 0 Å². The fourth-order valence-electron chi connectivity index (χ4n) is 2.44. The van der Waals surface area contributed by atoms with Crippen molar-refractivity contribution in [3.63, 3.8) is 0 Å². The average molecular weight is 414 g/mol. The number of hydrogen-bond donors (Lipinski definition) is 2. The number of halogens is 3. The summed E-state index contributed by atoms with van der Waals surface area (Å²) < 4.78 is 66.1. The van der Waals surface area contributed by atoms with Gasteiger partial charge in [-0.15, -0.1) is 0 Å². The first-order chi connectivity index (χ1) is 13.0. The van der Waals surface area contributed by atoms with E-state index in [0.29, 0.717) is 0 Å². The van der Waals surface area contributed by atoms with Gasteiger partial charge in [0.2, 0.25) is 16.4 Å². The molecule has 1 amide bonds. The summed E-state index contributed by atoms with van der Waals surface area (Å²) in [7, 11) is -2.67. The van der Waals surface area contributed by atoms with Gasteiger partial charge in [0.15, 0.2) is 0 Å². The van der Waals surface area contributed by atoms with Crippen molar-refractivity contribution in [2.45, 2.75) is 30.7 Å². The first kappa shape index (κ1) is 21.5. The summed E-state index contributed by atoms with van der Waals surface area (Å²) in [5.41, 5.74) is -0.146. The van der Waals surface area contributed by atoms with E-state index in [0.717, 1.165) is 24.4 Å². The maximum Gasteiger partial charge on any atom is 0.272 e. The van der Waals surface area contributed by atoms with Crippen molar-refractivity contribution in [3.8, 4) is 6.07 Å². The van der Waals surface area contributed by atoms with Crippen LogP contribution in [0.15, 0.2) is 35.4 Å². The Labute approximate surface area is 159 Å². The second-order valence-corrected chi connectivity index (χ2v) is 7.80. The van der Waals surface area contributed by atoms with Crippen molar-refractivity contribution in [1.82, 2.24) is 9.29 Å². The Morgan fingerprint density at radius 2 is 2.00 bits per heavy atom. The van der Waals surface area contributed by atoms with E-state index in [1.807, 2.05) is 0 Å². The summed E-state index contributed by atoms with van der Waals surface area (Å²) in [6, 6.07) is 5.14. The Morgan fingerprint density at radius 1 is 1.32 bits per heavy atom. The molecular formula is C17H17F3N4O3S. The SMILES string of the molecule is CC(CC(F)F)NS(=O)(=O)c1cc(C(=O)Nc2ccc(F)c(C#N)c2)n(C)c1. The zero-order valence-electron chi connectivity index (χ0n) is 14.9. The zero-order chi connectivity index (χ0) is 21.1. The molecule has 1 heterocycles. The molecular weight excluding hydrogens is 397 g/mol. The van der Waals surface area contributed by atoms with Crippen molar-refractivity contribution in [3.05, 3.63) is 47.5 Å². The van der Waals surface area contributed by atoms with Crippen LogP contribution in [0.25, 0.3) is 0 Å². The minimum Gasteiger partial charge on any atom is -0.345 e. The molecule has 11 heteroatoms. The van der Waals surface area contributed by atoms with E-state index >= 15 is 0 Å². The summed E-state index contributed by atoms with van der Waals surface area (Å²) in [6.45, 7) is 1.31.